The van der Waals surface area contributed by atoms with Gasteiger partial charge >= 0.3 is 25.1 Å². The molecule has 3 heteroatoms. The molecule has 78 valence electrons. The number of rotatable bonds is 5. The third kappa shape index (κ3) is 19.2. The standard InChI is InChI=1S/C9H20S.CH3BS/c1-5-9(4)7-10-6-8(2)3;1-2-3/h8-9H,5-7H2,1-4H3;3H,1H2. The molecule has 0 N–H and O–H groups in total. The summed E-state index contributed by atoms with van der Waals surface area (Å²) in [5.74, 6) is 4.43. The van der Waals surface area contributed by atoms with Gasteiger partial charge < -0.3 is 0 Å². The molecule has 0 bridgehead atoms. The zero-order valence-electron chi connectivity index (χ0n) is 9.42. The van der Waals surface area contributed by atoms with E-state index in [1.165, 1.54) is 24.1 Å². The van der Waals surface area contributed by atoms with E-state index in [-0.39, 0.29) is 0 Å². The topological polar surface area (TPSA) is 0 Å². The van der Waals surface area contributed by atoms with E-state index in [1.807, 2.05) is 0 Å². The molecule has 0 heterocycles. The summed E-state index contributed by atoms with van der Waals surface area (Å²) in [4.78, 5) is 0. The Morgan fingerprint density at radius 2 is 1.77 bits per heavy atom. The van der Waals surface area contributed by atoms with Crippen molar-refractivity contribution in [3.05, 3.63) is 0 Å². The Bertz CT molecular complexity index is 105. The Morgan fingerprint density at radius 1 is 1.31 bits per heavy atom. The van der Waals surface area contributed by atoms with Crippen LogP contribution >= 0.6 is 24.2 Å². The summed E-state index contributed by atoms with van der Waals surface area (Å²) in [6, 6.07) is 0. The Hall–Kier alpha value is 0.635. The predicted molar refractivity (Wildman–Crippen MR) is 73.5 cm³/mol. The van der Waals surface area contributed by atoms with Crippen LogP contribution in [0.4, 0.5) is 0 Å². The largest absolute Gasteiger partial charge is 0.161 e. The molecule has 1 atom stereocenters. The van der Waals surface area contributed by atoms with Gasteiger partial charge in [-0.3, -0.25) is 0 Å². The normalized spacial score (nSPS) is 11.5. The van der Waals surface area contributed by atoms with E-state index in [4.69, 9.17) is 0 Å². The van der Waals surface area contributed by atoms with E-state index >= 15 is 0 Å². The average molecular weight is 218 g/mol. The molecular weight excluding hydrogens is 195 g/mol. The van der Waals surface area contributed by atoms with Crippen LogP contribution in [0, 0.1) is 11.8 Å². The maximum Gasteiger partial charge on any atom is -0.00418 e. The molecule has 0 saturated carbocycles. The minimum atomic E-state index is 0.856. The van der Waals surface area contributed by atoms with E-state index in [9.17, 15) is 0 Å². The quantitative estimate of drug-likeness (QED) is 0.545. The molecule has 0 spiro atoms. The first-order valence-electron chi connectivity index (χ1n) is 4.91. The van der Waals surface area contributed by atoms with Crippen molar-refractivity contribution in [2.24, 2.45) is 11.8 Å². The van der Waals surface area contributed by atoms with E-state index in [0.29, 0.717) is 0 Å². The van der Waals surface area contributed by atoms with Crippen molar-refractivity contribution in [2.75, 3.05) is 11.5 Å². The van der Waals surface area contributed by atoms with E-state index in [1.54, 1.807) is 0 Å². The zero-order valence-corrected chi connectivity index (χ0v) is 11.1. The number of hydrogen-bond donors (Lipinski definition) is 1. The first kappa shape index (κ1) is 16.1. The van der Waals surface area contributed by atoms with Gasteiger partial charge in [-0.15, -0.1) is 0 Å². The molecule has 0 aromatic carbocycles. The molecule has 0 aromatic heterocycles. The molecule has 1 unspecified atom stereocenters. The van der Waals surface area contributed by atoms with E-state index < -0.39 is 0 Å². The predicted octanol–water partition coefficient (Wildman–Crippen LogP) is 3.39. The van der Waals surface area contributed by atoms with Gasteiger partial charge in [-0.05, 0) is 23.3 Å². The van der Waals surface area contributed by atoms with Crippen molar-refractivity contribution >= 4 is 36.9 Å². The van der Waals surface area contributed by atoms with Crippen molar-refractivity contribution in [3.63, 3.8) is 0 Å². The van der Waals surface area contributed by atoms with Gasteiger partial charge in [-0.25, -0.2) is 0 Å². The van der Waals surface area contributed by atoms with Crippen LogP contribution in [0.2, 0.25) is 0 Å². The molecule has 0 aliphatic carbocycles. The summed E-state index contributed by atoms with van der Waals surface area (Å²) in [5.41, 5.74) is 0. The van der Waals surface area contributed by atoms with Crippen LogP contribution in [0.15, 0.2) is 0 Å². The second-order valence-electron chi connectivity index (χ2n) is 3.63. The van der Waals surface area contributed by atoms with Crippen molar-refractivity contribution in [1.82, 2.24) is 0 Å². The third-order valence-corrected chi connectivity index (χ3v) is 3.26. The van der Waals surface area contributed by atoms with Crippen molar-refractivity contribution in [2.45, 2.75) is 34.1 Å². The summed E-state index contributed by atoms with van der Waals surface area (Å²) in [7, 11) is 0. The molecule has 0 aliphatic heterocycles. The summed E-state index contributed by atoms with van der Waals surface area (Å²) in [6.45, 7) is 12.4. The first-order valence-corrected chi connectivity index (χ1v) is 6.58. The monoisotopic (exact) mass is 218 g/mol. The molecule has 0 aliphatic rings. The molecule has 0 fully saturated rings. The summed E-state index contributed by atoms with van der Waals surface area (Å²) >= 11 is 5.65. The smallest absolute Gasteiger partial charge is 0.00418 e. The van der Waals surface area contributed by atoms with Crippen LogP contribution in [0.3, 0.4) is 0 Å². The SMILES string of the molecule is C=BS.CCC(C)CSCC(C)C. The molecule has 0 amide bonds. The Labute approximate surface area is 94.5 Å². The van der Waals surface area contributed by atoms with Gasteiger partial charge in [0, 0.05) is 0 Å². The van der Waals surface area contributed by atoms with E-state index in [0.717, 1.165) is 11.8 Å². The van der Waals surface area contributed by atoms with Crippen LogP contribution < -0.4 is 0 Å². The van der Waals surface area contributed by atoms with Crippen LogP contribution in [-0.4, -0.2) is 24.2 Å². The summed E-state index contributed by atoms with van der Waals surface area (Å²) in [5, 5.41) is 0. The van der Waals surface area contributed by atoms with Gasteiger partial charge in [0.15, 0.2) is 0 Å². The molecular formula is C10H23BS2. The first-order chi connectivity index (χ1) is 6.08. The fourth-order valence-electron chi connectivity index (χ4n) is 0.623. The second-order valence-corrected chi connectivity index (χ2v) is 5.07. The molecule has 0 aromatic rings. The van der Waals surface area contributed by atoms with Crippen LogP contribution in [0.25, 0.3) is 0 Å². The van der Waals surface area contributed by atoms with Gasteiger partial charge in [0.1, 0.15) is 0 Å². The zero-order chi connectivity index (χ0) is 10.7. The van der Waals surface area contributed by atoms with Gasteiger partial charge in [-0.2, -0.15) is 11.8 Å². The third-order valence-electron chi connectivity index (χ3n) is 1.55. The number of hydrogen-bond acceptors (Lipinski definition) is 2. The molecule has 0 nitrogen and oxygen atoms in total. The van der Waals surface area contributed by atoms with Gasteiger partial charge in [-0.1, -0.05) is 34.1 Å². The fraction of sp³-hybridized carbons (Fsp3) is 0.900. The fourth-order valence-corrected chi connectivity index (χ4v) is 1.87. The minimum absolute atomic E-state index is 0.856. The van der Waals surface area contributed by atoms with Crippen molar-refractivity contribution < 1.29 is 0 Å². The van der Waals surface area contributed by atoms with Crippen molar-refractivity contribution in [1.29, 1.82) is 0 Å². The van der Waals surface area contributed by atoms with E-state index in [2.05, 4.69) is 58.4 Å². The summed E-state index contributed by atoms with van der Waals surface area (Å²) in [6.07, 6.45) is 2.77. The van der Waals surface area contributed by atoms with Crippen LogP contribution in [0.1, 0.15) is 34.1 Å². The minimum Gasteiger partial charge on any atom is -0.161 e. The van der Waals surface area contributed by atoms with Gasteiger partial charge in [0.25, 0.3) is 0 Å². The Balaban J connectivity index is 0. The Kier molecular flexibility index (Phi) is 15.6. The summed E-state index contributed by atoms with van der Waals surface area (Å²) < 4.78 is 0. The molecule has 13 heavy (non-hydrogen) atoms. The van der Waals surface area contributed by atoms with Gasteiger partial charge in [0.05, 0.1) is 0 Å². The number of thioether (sulfide) groups is 1. The van der Waals surface area contributed by atoms with Crippen molar-refractivity contribution in [3.8, 4) is 0 Å². The number of thiol groups is 1. The van der Waals surface area contributed by atoms with Gasteiger partial charge in [0.2, 0.25) is 0 Å². The molecule has 0 saturated heterocycles. The second kappa shape index (κ2) is 12.6. The maximum atomic E-state index is 3.55. The maximum absolute atomic E-state index is 3.55. The van der Waals surface area contributed by atoms with Crippen LogP contribution in [-0.2, 0) is 0 Å². The molecule has 0 radical (unpaired) electrons. The Morgan fingerprint density at radius 3 is 2.08 bits per heavy atom. The van der Waals surface area contributed by atoms with Crippen LogP contribution in [0.5, 0.6) is 0 Å². The average Bonchev–Trinajstić information content (AvgIpc) is 2.05. The molecule has 0 rings (SSSR count).